The lowest BCUT2D eigenvalue weighted by atomic mass is 9.66. The fraction of sp³-hybridized carbons (Fsp3) is 0.0164. The van der Waals surface area contributed by atoms with E-state index in [1.165, 1.54) is 109 Å². The molecule has 1 aliphatic carbocycles. The van der Waals surface area contributed by atoms with E-state index in [0.717, 1.165) is 0 Å². The maximum absolute atomic E-state index is 2.88. The van der Waals surface area contributed by atoms with E-state index in [0.29, 0.717) is 0 Å². The molecule has 288 valence electrons. The van der Waals surface area contributed by atoms with Gasteiger partial charge in [0, 0.05) is 0 Å². The average Bonchev–Trinajstić information content (AvgIpc) is 3.64. The summed E-state index contributed by atoms with van der Waals surface area (Å²) in [6.07, 6.45) is 0. The predicted octanol–water partition coefficient (Wildman–Crippen LogP) is 12.5. The van der Waals surface area contributed by atoms with Gasteiger partial charge >= 0.3 is 0 Å². The second-order valence-corrected chi connectivity index (χ2v) is 20.8. The van der Waals surface area contributed by atoms with Crippen molar-refractivity contribution in [3.63, 3.8) is 0 Å². The summed E-state index contributed by atoms with van der Waals surface area (Å²) >= 11 is 0. The van der Waals surface area contributed by atoms with E-state index in [9.17, 15) is 0 Å². The average molecular weight is 801 g/mol. The van der Waals surface area contributed by atoms with E-state index in [4.69, 9.17) is 0 Å². The van der Waals surface area contributed by atoms with E-state index in [-0.39, 0.29) is 0 Å². The summed E-state index contributed by atoms with van der Waals surface area (Å²) in [7, 11) is -2.88. The lowest BCUT2D eigenvalue weighted by Gasteiger charge is -2.49. The zero-order chi connectivity index (χ0) is 40.8. The van der Waals surface area contributed by atoms with Crippen LogP contribution < -0.4 is 20.7 Å². The highest BCUT2D eigenvalue weighted by atomic mass is 28.3. The van der Waals surface area contributed by atoms with Gasteiger partial charge in [0.05, 0.1) is 5.41 Å². The van der Waals surface area contributed by atoms with Gasteiger partial charge in [0.15, 0.2) is 8.07 Å². The summed E-state index contributed by atoms with van der Waals surface area (Å²) in [6.45, 7) is 0. The lowest BCUT2D eigenvalue weighted by Crippen LogP contribution is -2.79. The largest absolute Gasteiger partial charge is 0.180 e. The Hall–Kier alpha value is -7.58. The molecule has 0 unspecified atom stereocenters. The van der Waals surface area contributed by atoms with Crippen LogP contribution in [0.3, 0.4) is 0 Å². The van der Waals surface area contributed by atoms with E-state index in [1.54, 1.807) is 0 Å². The topological polar surface area (TPSA) is 0 Å². The van der Waals surface area contributed by atoms with Crippen LogP contribution in [0.5, 0.6) is 0 Å². The Labute approximate surface area is 363 Å². The molecular weight excluding hydrogens is 761 g/mol. The monoisotopic (exact) mass is 800 g/mol. The van der Waals surface area contributed by atoms with Crippen LogP contribution in [0.1, 0.15) is 22.3 Å². The Morgan fingerprint density at radius 2 is 0.742 bits per heavy atom. The number of fused-ring (bicyclic) bond motifs is 13. The molecule has 0 saturated carbocycles. The van der Waals surface area contributed by atoms with Crippen LogP contribution in [-0.4, -0.2) is 8.07 Å². The first-order chi connectivity index (χ1) is 30.7. The first-order valence-corrected chi connectivity index (χ1v) is 23.7. The number of benzene rings is 11. The third-order valence-corrected chi connectivity index (χ3v) is 19.1. The molecule has 0 nitrogen and oxygen atoms in total. The molecule has 1 heterocycles. The molecule has 1 aliphatic heterocycles. The van der Waals surface area contributed by atoms with Crippen molar-refractivity contribution in [3.8, 4) is 33.4 Å². The van der Waals surface area contributed by atoms with E-state index in [1.807, 2.05) is 0 Å². The number of hydrogen-bond donors (Lipinski definition) is 0. The zero-order valence-corrected chi connectivity index (χ0v) is 35.1. The quantitative estimate of drug-likeness (QED) is 0.156. The smallest absolute Gasteiger partial charge is 0.0623 e. The number of hydrogen-bond acceptors (Lipinski definition) is 0. The molecule has 62 heavy (non-hydrogen) atoms. The minimum atomic E-state index is -2.88. The van der Waals surface area contributed by atoms with Crippen molar-refractivity contribution in [1.82, 2.24) is 0 Å². The van der Waals surface area contributed by atoms with Crippen LogP contribution in [0.25, 0.3) is 65.7 Å². The minimum absolute atomic E-state index is 0.611. The Morgan fingerprint density at radius 1 is 0.274 bits per heavy atom. The van der Waals surface area contributed by atoms with Gasteiger partial charge in [-0.25, -0.2) is 0 Å². The van der Waals surface area contributed by atoms with Crippen LogP contribution in [0, 0.1) is 0 Å². The van der Waals surface area contributed by atoms with Gasteiger partial charge in [0.2, 0.25) is 0 Å². The molecule has 0 radical (unpaired) electrons. The summed E-state index contributed by atoms with van der Waals surface area (Å²) in [6, 6.07) is 92.4. The molecule has 1 heteroatoms. The Morgan fingerprint density at radius 3 is 1.37 bits per heavy atom. The summed E-state index contributed by atoms with van der Waals surface area (Å²) in [5.41, 5.74) is 12.5. The maximum atomic E-state index is 2.59. The minimum Gasteiger partial charge on any atom is -0.0623 e. The lowest BCUT2D eigenvalue weighted by molar-refractivity contribution is 0.775. The van der Waals surface area contributed by atoms with Crippen molar-refractivity contribution >= 4 is 61.1 Å². The normalized spacial score (nSPS) is 14.1. The van der Waals surface area contributed by atoms with Crippen molar-refractivity contribution in [2.24, 2.45) is 0 Å². The Balaban J connectivity index is 1.20. The molecule has 0 fully saturated rings. The van der Waals surface area contributed by atoms with Gasteiger partial charge in [-0.15, -0.1) is 0 Å². The molecule has 11 aromatic rings. The molecule has 13 rings (SSSR count). The molecule has 0 aromatic heterocycles. The highest BCUT2D eigenvalue weighted by Gasteiger charge is 2.58. The molecular formula is C61H40Si. The van der Waals surface area contributed by atoms with Gasteiger partial charge in [-0.1, -0.05) is 218 Å². The van der Waals surface area contributed by atoms with Crippen LogP contribution in [0.15, 0.2) is 243 Å². The van der Waals surface area contributed by atoms with Crippen LogP contribution >= 0.6 is 0 Å². The summed E-state index contributed by atoms with van der Waals surface area (Å²) in [5, 5.41) is 13.3. The van der Waals surface area contributed by atoms with E-state index >= 15 is 0 Å². The third-order valence-electron chi connectivity index (χ3n) is 14.2. The van der Waals surface area contributed by atoms with Crippen molar-refractivity contribution in [1.29, 1.82) is 0 Å². The van der Waals surface area contributed by atoms with Crippen molar-refractivity contribution in [3.05, 3.63) is 265 Å². The highest BCUT2D eigenvalue weighted by Crippen LogP contribution is 2.60. The molecule has 1 spiro atoms. The summed E-state index contributed by atoms with van der Waals surface area (Å²) < 4.78 is 0. The molecule has 0 saturated heterocycles. The molecule has 2 aliphatic rings. The van der Waals surface area contributed by atoms with Gasteiger partial charge in [0.25, 0.3) is 0 Å². The first-order valence-electron chi connectivity index (χ1n) is 21.7. The van der Waals surface area contributed by atoms with Crippen molar-refractivity contribution in [2.75, 3.05) is 0 Å². The van der Waals surface area contributed by atoms with Crippen molar-refractivity contribution < 1.29 is 0 Å². The van der Waals surface area contributed by atoms with Crippen LogP contribution in [0.2, 0.25) is 0 Å². The molecule has 0 amide bonds. The first kappa shape index (κ1) is 35.2. The third kappa shape index (κ3) is 4.77. The van der Waals surface area contributed by atoms with Gasteiger partial charge in [-0.3, -0.25) is 0 Å². The molecule has 0 bridgehead atoms. The van der Waals surface area contributed by atoms with Crippen LogP contribution in [0.4, 0.5) is 0 Å². The molecule has 0 N–H and O–H groups in total. The highest BCUT2D eigenvalue weighted by molar-refractivity contribution is 7.20. The number of rotatable bonds is 4. The summed E-state index contributed by atoms with van der Waals surface area (Å²) in [4.78, 5) is 0. The maximum Gasteiger partial charge on any atom is 0.180 e. The van der Waals surface area contributed by atoms with Crippen LogP contribution in [-0.2, 0) is 5.41 Å². The second kappa shape index (κ2) is 13.5. The zero-order valence-electron chi connectivity index (χ0n) is 34.1. The van der Waals surface area contributed by atoms with Gasteiger partial charge < -0.3 is 0 Å². The van der Waals surface area contributed by atoms with E-state index < -0.39 is 13.5 Å². The van der Waals surface area contributed by atoms with Gasteiger partial charge in [0.1, 0.15) is 0 Å². The Kier molecular flexibility index (Phi) is 7.64. The predicted molar refractivity (Wildman–Crippen MR) is 264 cm³/mol. The fourth-order valence-corrected chi connectivity index (χ4v) is 16.9. The second-order valence-electron chi connectivity index (χ2n) is 17.1. The fourth-order valence-electron chi connectivity index (χ4n) is 11.6. The SMILES string of the molecule is c1ccc([Si]2(c3ccccc3)c3ccccc3C3(c4cc(-c5ccc6ccccc6c5)ccc4-c4c3cc(-c3ccc5ccccc5c3)c3ccccc43)c3ccccc32)cc1. The van der Waals surface area contributed by atoms with Crippen molar-refractivity contribution in [2.45, 2.75) is 5.41 Å². The molecule has 11 aromatic carbocycles. The van der Waals surface area contributed by atoms with Gasteiger partial charge in [-0.05, 0) is 133 Å². The Bertz CT molecular complexity index is 3490. The van der Waals surface area contributed by atoms with Gasteiger partial charge in [-0.2, -0.15) is 0 Å². The summed E-state index contributed by atoms with van der Waals surface area (Å²) in [5.74, 6) is 0. The van der Waals surface area contributed by atoms with E-state index in [2.05, 4.69) is 243 Å². The molecule has 0 atom stereocenters. The standard InChI is InChI=1S/C61H40Si/c1-3-21-48(22-4-1)62(49-23-5-2-6-24-49)58-29-15-13-27-54(58)61(55-28-14-16-30-59(55)62)56-39-46(45-33-31-41-17-7-9-19-43(41)37-45)35-36-52(56)60-51-26-12-11-25-50(51)53(40-57(60)61)47-34-32-42-18-8-10-20-44(42)38-47/h1-40H.